The summed E-state index contributed by atoms with van der Waals surface area (Å²) in [5, 5.41) is 2.79. The van der Waals surface area contributed by atoms with E-state index in [4.69, 9.17) is 31.8 Å². The van der Waals surface area contributed by atoms with Gasteiger partial charge in [0.1, 0.15) is 23.5 Å². The second-order valence-corrected chi connectivity index (χ2v) is 9.76. The summed E-state index contributed by atoms with van der Waals surface area (Å²) in [5.41, 5.74) is 7.93. The van der Waals surface area contributed by atoms with Gasteiger partial charge in [-0.15, -0.1) is 0 Å². The fourth-order valence-electron chi connectivity index (χ4n) is 4.29. The van der Waals surface area contributed by atoms with E-state index in [1.165, 1.54) is 6.07 Å². The summed E-state index contributed by atoms with van der Waals surface area (Å²) < 4.78 is 28.8. The summed E-state index contributed by atoms with van der Waals surface area (Å²) in [7, 11) is 0. The van der Waals surface area contributed by atoms with E-state index in [9.17, 15) is 4.79 Å². The van der Waals surface area contributed by atoms with Crippen LogP contribution in [0.3, 0.4) is 0 Å². The van der Waals surface area contributed by atoms with Crippen molar-refractivity contribution in [2.24, 2.45) is 0 Å². The van der Waals surface area contributed by atoms with Gasteiger partial charge in [0, 0.05) is 18.1 Å². The molecule has 0 unspecified atom stereocenters. The number of fused-ring (bicyclic) bond motifs is 1. The van der Waals surface area contributed by atoms with Gasteiger partial charge in [0.15, 0.2) is 5.82 Å². The van der Waals surface area contributed by atoms with Crippen molar-refractivity contribution < 1.29 is 18.7 Å². The number of nitrogens with two attached hydrogens (primary N) is 1. The summed E-state index contributed by atoms with van der Waals surface area (Å²) in [6.07, 6.45) is 4.40. The van der Waals surface area contributed by atoms with Gasteiger partial charge in [-0.2, -0.15) is 0 Å². The van der Waals surface area contributed by atoms with Crippen molar-refractivity contribution in [2.45, 2.75) is 65.0 Å². The first kappa shape index (κ1) is 25.2. The van der Waals surface area contributed by atoms with Crippen molar-refractivity contribution in [3.8, 4) is 5.75 Å². The first-order chi connectivity index (χ1) is 16.6. The Hall–Kier alpha value is -2.91. The molecule has 188 valence electrons. The number of carbonyl (C=O) groups excluding carboxylic acids is 1. The number of halogens is 2. The number of anilines is 1. The van der Waals surface area contributed by atoms with Crippen LogP contribution >= 0.6 is 11.6 Å². The van der Waals surface area contributed by atoms with Crippen molar-refractivity contribution in [3.05, 3.63) is 52.1 Å². The molecule has 1 saturated carbocycles. The second kappa shape index (κ2) is 9.62. The van der Waals surface area contributed by atoms with E-state index in [-0.39, 0.29) is 22.4 Å². The minimum atomic E-state index is -0.821. The maximum absolute atomic E-state index is 15.4. The molecule has 0 aliphatic heterocycles. The Morgan fingerprint density at radius 3 is 2.71 bits per heavy atom. The van der Waals surface area contributed by atoms with Crippen LogP contribution in [0.15, 0.2) is 18.6 Å². The zero-order chi connectivity index (χ0) is 25.5. The zero-order valence-electron chi connectivity index (χ0n) is 20.6. The lowest BCUT2D eigenvalue weighted by atomic mass is 9.95. The average Bonchev–Trinajstić information content (AvgIpc) is 3.47. The number of imidazole rings is 1. The number of nitrogen functional groups attached to an aromatic ring is 1. The molecule has 8 nitrogen and oxygen atoms in total. The summed E-state index contributed by atoms with van der Waals surface area (Å²) in [5.74, 6) is -1.06. The molecule has 1 aromatic carbocycles. The maximum Gasteiger partial charge on any atom is 0.258 e. The first-order valence-electron chi connectivity index (χ1n) is 11.8. The summed E-state index contributed by atoms with van der Waals surface area (Å²) >= 11 is 6.33. The summed E-state index contributed by atoms with van der Waals surface area (Å²) in [6, 6.07) is 1.50. The molecule has 1 aliphatic rings. The third kappa shape index (κ3) is 4.79. The molecule has 10 heteroatoms. The smallest absolute Gasteiger partial charge is 0.258 e. The van der Waals surface area contributed by atoms with Crippen molar-refractivity contribution >= 4 is 28.7 Å². The Labute approximate surface area is 209 Å². The normalized spacial score (nSPS) is 15.4. The van der Waals surface area contributed by atoms with Crippen LogP contribution in [0.25, 0.3) is 5.52 Å². The number of nitrogens with one attached hydrogen (secondary N) is 1. The number of amides is 1. The first-order valence-corrected chi connectivity index (χ1v) is 12.1. The van der Waals surface area contributed by atoms with Crippen LogP contribution in [0.2, 0.25) is 5.02 Å². The van der Waals surface area contributed by atoms with Crippen LogP contribution in [0.1, 0.15) is 73.9 Å². The largest absolute Gasteiger partial charge is 0.490 e. The van der Waals surface area contributed by atoms with Gasteiger partial charge in [0.25, 0.3) is 5.91 Å². The lowest BCUT2D eigenvalue weighted by Gasteiger charge is -2.24. The van der Waals surface area contributed by atoms with E-state index in [0.29, 0.717) is 30.3 Å². The Morgan fingerprint density at radius 1 is 1.37 bits per heavy atom. The summed E-state index contributed by atoms with van der Waals surface area (Å²) in [4.78, 5) is 22.3. The van der Waals surface area contributed by atoms with Crippen LogP contribution in [0, 0.1) is 12.7 Å². The lowest BCUT2D eigenvalue weighted by molar-refractivity contribution is 0.0822. The topological polar surface area (TPSA) is 104 Å². The van der Waals surface area contributed by atoms with Crippen molar-refractivity contribution in [1.82, 2.24) is 19.7 Å². The van der Waals surface area contributed by atoms with E-state index >= 15 is 4.39 Å². The minimum Gasteiger partial charge on any atom is -0.490 e. The SMILES string of the molecule is CCOCC1(NC(=O)c2c(F)c(Cl)cc([C@H](C)c3nc(C)c4c(N)cncn34)c2OC(C)C)CC1. The Kier molecular flexibility index (Phi) is 6.92. The van der Waals surface area contributed by atoms with Gasteiger partial charge < -0.3 is 20.5 Å². The van der Waals surface area contributed by atoms with Crippen LogP contribution in [-0.2, 0) is 4.74 Å². The Balaban J connectivity index is 1.83. The monoisotopic (exact) mass is 503 g/mol. The van der Waals surface area contributed by atoms with Gasteiger partial charge in [0.2, 0.25) is 0 Å². The van der Waals surface area contributed by atoms with Gasteiger partial charge in [-0.1, -0.05) is 18.5 Å². The van der Waals surface area contributed by atoms with Gasteiger partial charge in [-0.05, 0) is 46.6 Å². The highest BCUT2D eigenvalue weighted by molar-refractivity contribution is 6.31. The van der Waals surface area contributed by atoms with Crippen LogP contribution in [-0.4, -0.2) is 45.1 Å². The molecular weight excluding hydrogens is 473 g/mol. The second-order valence-electron chi connectivity index (χ2n) is 9.35. The fraction of sp³-hybridized carbons (Fsp3) is 0.480. The number of hydrogen-bond donors (Lipinski definition) is 2. The molecule has 3 N–H and O–H groups in total. The number of ether oxygens (including phenoxy) is 2. The predicted octanol–water partition coefficient (Wildman–Crippen LogP) is 4.65. The standard InChI is InChI=1S/C25H31ClFN5O3/c1-6-34-11-25(7-8-25)31-24(33)19-20(27)17(26)9-16(22(19)35-13(2)3)14(4)23-30-15(5)21-18(28)10-29-12-32(21)23/h9-10,12-14H,6-8,11,28H2,1-5H3,(H,31,33)/t14-/m0/s1. The number of hydrogen-bond acceptors (Lipinski definition) is 6. The number of nitrogens with zero attached hydrogens (tertiary/aromatic N) is 3. The Morgan fingerprint density at radius 2 is 2.09 bits per heavy atom. The van der Waals surface area contributed by atoms with Crippen molar-refractivity contribution in [1.29, 1.82) is 0 Å². The number of aryl methyl sites for hydroxylation is 1. The highest BCUT2D eigenvalue weighted by Crippen LogP contribution is 2.41. The number of aromatic nitrogens is 3. The summed E-state index contributed by atoms with van der Waals surface area (Å²) in [6.45, 7) is 10.2. The molecule has 1 fully saturated rings. The van der Waals surface area contributed by atoms with E-state index in [2.05, 4.69) is 10.3 Å². The van der Waals surface area contributed by atoms with E-state index in [0.717, 1.165) is 24.1 Å². The lowest BCUT2D eigenvalue weighted by Crippen LogP contribution is -2.41. The molecule has 0 radical (unpaired) electrons. The van der Waals surface area contributed by atoms with Gasteiger partial charge in [-0.25, -0.2) is 14.4 Å². The molecule has 35 heavy (non-hydrogen) atoms. The highest BCUT2D eigenvalue weighted by atomic mass is 35.5. The molecule has 0 saturated heterocycles. The molecule has 2 aromatic heterocycles. The molecule has 4 rings (SSSR count). The predicted molar refractivity (Wildman–Crippen MR) is 133 cm³/mol. The Bertz CT molecular complexity index is 1270. The molecule has 2 heterocycles. The van der Waals surface area contributed by atoms with Gasteiger partial charge >= 0.3 is 0 Å². The quantitative estimate of drug-likeness (QED) is 0.440. The molecule has 0 bridgehead atoms. The molecule has 3 aromatic rings. The van der Waals surface area contributed by atoms with Gasteiger partial charge in [-0.3, -0.25) is 9.20 Å². The van der Waals surface area contributed by atoms with Crippen LogP contribution < -0.4 is 15.8 Å². The number of benzene rings is 1. The third-order valence-electron chi connectivity index (χ3n) is 6.23. The van der Waals surface area contributed by atoms with Crippen LogP contribution in [0.5, 0.6) is 5.75 Å². The highest BCUT2D eigenvalue weighted by Gasteiger charge is 2.45. The van der Waals surface area contributed by atoms with E-state index in [1.54, 1.807) is 16.9 Å². The average molecular weight is 504 g/mol. The molecule has 1 amide bonds. The minimum absolute atomic E-state index is 0.144. The molecule has 1 atom stereocenters. The van der Waals surface area contributed by atoms with Crippen molar-refractivity contribution in [3.63, 3.8) is 0 Å². The molecule has 1 aliphatic carbocycles. The van der Waals surface area contributed by atoms with Crippen LogP contribution in [0.4, 0.5) is 10.1 Å². The molecular formula is C25H31ClFN5O3. The molecule has 0 spiro atoms. The van der Waals surface area contributed by atoms with E-state index in [1.807, 2.05) is 34.6 Å². The van der Waals surface area contributed by atoms with E-state index < -0.39 is 23.2 Å². The third-order valence-corrected chi connectivity index (χ3v) is 6.51. The number of carbonyl (C=O) groups is 1. The van der Waals surface area contributed by atoms with Crippen molar-refractivity contribution in [2.75, 3.05) is 18.9 Å². The maximum atomic E-state index is 15.4. The zero-order valence-corrected chi connectivity index (χ0v) is 21.4. The fourth-order valence-corrected chi connectivity index (χ4v) is 4.50. The van der Waals surface area contributed by atoms with Gasteiger partial charge in [0.05, 0.1) is 46.4 Å². The number of rotatable bonds is 9.